The van der Waals surface area contributed by atoms with Gasteiger partial charge in [-0.3, -0.25) is 9.69 Å². The van der Waals surface area contributed by atoms with E-state index in [2.05, 4.69) is 15.6 Å². The molecule has 0 bridgehead atoms. The maximum absolute atomic E-state index is 12.1. The molecule has 7 heteroatoms. The summed E-state index contributed by atoms with van der Waals surface area (Å²) in [4.78, 5) is 29.3. The highest BCUT2D eigenvalue weighted by Gasteiger charge is 2.21. The third-order valence-corrected chi connectivity index (χ3v) is 3.74. The SMILES string of the molecule is O=C(NCCCn1ccnc1)c1ccc(N2CCNC2=O)cc1. The fourth-order valence-electron chi connectivity index (χ4n) is 2.50. The van der Waals surface area contributed by atoms with Crippen LogP contribution >= 0.6 is 0 Å². The molecule has 1 fully saturated rings. The van der Waals surface area contributed by atoms with Gasteiger partial charge in [-0.05, 0) is 30.7 Å². The fraction of sp³-hybridized carbons (Fsp3) is 0.312. The maximum Gasteiger partial charge on any atom is 0.321 e. The first-order chi connectivity index (χ1) is 11.2. The average molecular weight is 313 g/mol. The molecule has 0 radical (unpaired) electrons. The van der Waals surface area contributed by atoms with Gasteiger partial charge in [0, 0.05) is 49.8 Å². The molecule has 120 valence electrons. The first-order valence-corrected chi connectivity index (χ1v) is 7.63. The summed E-state index contributed by atoms with van der Waals surface area (Å²) in [6, 6.07) is 6.98. The molecule has 1 aliphatic rings. The standard InChI is InChI=1S/C16H19N5O2/c22-15(18-6-1-9-20-10-7-17-12-20)13-2-4-14(5-3-13)21-11-8-19-16(21)23/h2-5,7,10,12H,1,6,8-9,11H2,(H,18,22)(H,19,23). The monoisotopic (exact) mass is 313 g/mol. The van der Waals surface area contributed by atoms with Gasteiger partial charge in [-0.2, -0.15) is 0 Å². The molecule has 0 saturated carbocycles. The number of urea groups is 1. The number of rotatable bonds is 6. The van der Waals surface area contributed by atoms with Gasteiger partial charge in [0.2, 0.25) is 0 Å². The zero-order valence-electron chi connectivity index (χ0n) is 12.7. The maximum atomic E-state index is 12.1. The Hall–Kier alpha value is -2.83. The molecular formula is C16H19N5O2. The Morgan fingerprint density at radius 3 is 2.78 bits per heavy atom. The topological polar surface area (TPSA) is 79.3 Å². The number of hydrogen-bond donors (Lipinski definition) is 2. The van der Waals surface area contributed by atoms with Crippen LogP contribution in [0, 0.1) is 0 Å². The van der Waals surface area contributed by atoms with Crippen molar-refractivity contribution in [2.75, 3.05) is 24.5 Å². The van der Waals surface area contributed by atoms with E-state index in [1.807, 2.05) is 10.8 Å². The highest BCUT2D eigenvalue weighted by Crippen LogP contribution is 2.17. The molecule has 0 unspecified atom stereocenters. The summed E-state index contributed by atoms with van der Waals surface area (Å²) in [5, 5.41) is 5.65. The molecule has 3 amide bonds. The Morgan fingerprint density at radius 2 is 2.13 bits per heavy atom. The van der Waals surface area contributed by atoms with Crippen LogP contribution in [0.15, 0.2) is 43.0 Å². The first-order valence-electron chi connectivity index (χ1n) is 7.63. The first kappa shape index (κ1) is 15.1. The van der Waals surface area contributed by atoms with E-state index in [1.54, 1.807) is 41.7 Å². The Bertz CT molecular complexity index is 666. The lowest BCUT2D eigenvalue weighted by atomic mass is 10.2. The van der Waals surface area contributed by atoms with Gasteiger partial charge in [0.1, 0.15) is 0 Å². The zero-order valence-corrected chi connectivity index (χ0v) is 12.7. The van der Waals surface area contributed by atoms with Crippen LogP contribution in [0.3, 0.4) is 0 Å². The van der Waals surface area contributed by atoms with Gasteiger partial charge < -0.3 is 15.2 Å². The largest absolute Gasteiger partial charge is 0.352 e. The Kier molecular flexibility index (Phi) is 4.56. The average Bonchev–Trinajstić information content (AvgIpc) is 3.23. The second-order valence-corrected chi connectivity index (χ2v) is 5.34. The van der Waals surface area contributed by atoms with E-state index in [0.717, 1.165) is 18.7 Å². The molecule has 23 heavy (non-hydrogen) atoms. The van der Waals surface area contributed by atoms with E-state index >= 15 is 0 Å². The van der Waals surface area contributed by atoms with E-state index in [1.165, 1.54) is 0 Å². The number of nitrogens with one attached hydrogen (secondary N) is 2. The minimum atomic E-state index is -0.104. The number of imidazole rings is 1. The summed E-state index contributed by atoms with van der Waals surface area (Å²) in [5.41, 5.74) is 1.40. The number of aromatic nitrogens is 2. The Morgan fingerprint density at radius 1 is 1.30 bits per heavy atom. The molecule has 0 aliphatic carbocycles. The number of amides is 3. The smallest absolute Gasteiger partial charge is 0.321 e. The zero-order chi connectivity index (χ0) is 16.1. The second-order valence-electron chi connectivity index (χ2n) is 5.34. The molecule has 0 atom stereocenters. The van der Waals surface area contributed by atoms with Crippen molar-refractivity contribution in [1.82, 2.24) is 20.2 Å². The van der Waals surface area contributed by atoms with Crippen LogP contribution in [-0.4, -0.2) is 41.1 Å². The van der Waals surface area contributed by atoms with Crippen LogP contribution in [0.25, 0.3) is 0 Å². The van der Waals surface area contributed by atoms with Gasteiger partial charge in [-0.1, -0.05) is 0 Å². The number of nitrogens with zero attached hydrogens (tertiary/aromatic N) is 3. The second kappa shape index (κ2) is 6.95. The highest BCUT2D eigenvalue weighted by atomic mass is 16.2. The van der Waals surface area contributed by atoms with E-state index in [-0.39, 0.29) is 11.9 Å². The van der Waals surface area contributed by atoms with Gasteiger partial charge in [0.25, 0.3) is 5.91 Å². The molecule has 7 nitrogen and oxygen atoms in total. The minimum Gasteiger partial charge on any atom is -0.352 e. The van der Waals surface area contributed by atoms with Crippen molar-refractivity contribution in [2.45, 2.75) is 13.0 Å². The summed E-state index contributed by atoms with van der Waals surface area (Å²) in [6.07, 6.45) is 6.24. The van der Waals surface area contributed by atoms with Crippen molar-refractivity contribution in [1.29, 1.82) is 0 Å². The van der Waals surface area contributed by atoms with Crippen molar-refractivity contribution < 1.29 is 9.59 Å². The summed E-state index contributed by atoms with van der Waals surface area (Å²) in [5.74, 6) is -0.104. The molecule has 1 aromatic heterocycles. The Labute approximate surface area is 134 Å². The van der Waals surface area contributed by atoms with Gasteiger partial charge in [-0.15, -0.1) is 0 Å². The lowest BCUT2D eigenvalue weighted by molar-refractivity contribution is 0.0952. The van der Waals surface area contributed by atoms with Crippen LogP contribution in [0.1, 0.15) is 16.8 Å². The van der Waals surface area contributed by atoms with E-state index in [4.69, 9.17) is 0 Å². The molecule has 1 aromatic carbocycles. The third kappa shape index (κ3) is 3.68. The predicted molar refractivity (Wildman–Crippen MR) is 86.4 cm³/mol. The van der Waals surface area contributed by atoms with Crippen LogP contribution < -0.4 is 15.5 Å². The van der Waals surface area contributed by atoms with Crippen molar-refractivity contribution in [3.8, 4) is 0 Å². The molecule has 1 aliphatic heterocycles. The molecule has 2 N–H and O–H groups in total. The highest BCUT2D eigenvalue weighted by molar-refractivity contribution is 5.96. The number of carbonyl (C=O) groups is 2. The summed E-state index contributed by atoms with van der Waals surface area (Å²) in [7, 11) is 0. The number of aryl methyl sites for hydroxylation is 1. The molecule has 0 spiro atoms. The van der Waals surface area contributed by atoms with Crippen molar-refractivity contribution in [3.63, 3.8) is 0 Å². The summed E-state index contributed by atoms with van der Waals surface area (Å²) >= 11 is 0. The molecule has 1 saturated heterocycles. The van der Waals surface area contributed by atoms with E-state index < -0.39 is 0 Å². The quantitative estimate of drug-likeness (QED) is 0.787. The van der Waals surface area contributed by atoms with E-state index in [0.29, 0.717) is 25.2 Å². The normalized spacial score (nSPS) is 13.9. The number of anilines is 1. The Balaban J connectivity index is 1.48. The number of hydrogen-bond acceptors (Lipinski definition) is 3. The third-order valence-electron chi connectivity index (χ3n) is 3.74. The molecular weight excluding hydrogens is 294 g/mol. The summed E-state index contributed by atoms with van der Waals surface area (Å²) < 4.78 is 1.97. The van der Waals surface area contributed by atoms with Gasteiger partial charge in [0.15, 0.2) is 0 Å². The van der Waals surface area contributed by atoms with Gasteiger partial charge in [-0.25, -0.2) is 9.78 Å². The fourth-order valence-corrected chi connectivity index (χ4v) is 2.50. The summed E-state index contributed by atoms with van der Waals surface area (Å²) in [6.45, 7) is 2.73. The molecule has 3 rings (SSSR count). The van der Waals surface area contributed by atoms with Crippen molar-refractivity contribution in [2.24, 2.45) is 0 Å². The van der Waals surface area contributed by atoms with Crippen molar-refractivity contribution in [3.05, 3.63) is 48.5 Å². The minimum absolute atomic E-state index is 0.0956. The van der Waals surface area contributed by atoms with E-state index in [9.17, 15) is 9.59 Å². The van der Waals surface area contributed by atoms with Crippen molar-refractivity contribution >= 4 is 17.6 Å². The molecule has 2 aromatic rings. The van der Waals surface area contributed by atoms with Crippen LogP contribution in [-0.2, 0) is 6.54 Å². The van der Waals surface area contributed by atoms with Gasteiger partial charge in [0.05, 0.1) is 6.33 Å². The molecule has 2 heterocycles. The van der Waals surface area contributed by atoms with Crippen LogP contribution in [0.2, 0.25) is 0 Å². The lowest BCUT2D eigenvalue weighted by Gasteiger charge is -2.14. The van der Waals surface area contributed by atoms with Gasteiger partial charge >= 0.3 is 6.03 Å². The predicted octanol–water partition coefficient (Wildman–Crippen LogP) is 1.23. The van der Waals surface area contributed by atoms with Crippen LogP contribution in [0.5, 0.6) is 0 Å². The number of benzene rings is 1. The lowest BCUT2D eigenvalue weighted by Crippen LogP contribution is -2.28. The van der Waals surface area contributed by atoms with Crippen LogP contribution in [0.4, 0.5) is 10.5 Å². The number of carbonyl (C=O) groups excluding carboxylic acids is 2.